The monoisotopic (exact) mass is 192 g/mol. The maximum absolute atomic E-state index is 10.1. The standard InChI is InChI=1S/C4H4N2O.CH4O3S/c7-4-5-2-1-3-6-4;1-5(2,3)4/h1-3H,(H,5,6,7);1H3,(H,2,3,4). The number of aromatic amines is 1. The zero-order chi connectivity index (χ0) is 9.61. The molecule has 0 unspecified atom stereocenters. The number of aromatic nitrogens is 2. The predicted octanol–water partition coefficient (Wildman–Crippen LogP) is -0.726. The van der Waals surface area contributed by atoms with Crippen molar-refractivity contribution in [2.75, 3.05) is 6.26 Å². The Kier molecular flexibility index (Phi) is 4.16. The Bertz CT molecular complexity index is 344. The van der Waals surface area contributed by atoms with E-state index in [1.165, 1.54) is 12.4 Å². The molecular formula is C5H8N2O4S. The van der Waals surface area contributed by atoms with Crippen LogP contribution in [0.4, 0.5) is 0 Å². The molecule has 6 nitrogen and oxygen atoms in total. The van der Waals surface area contributed by atoms with Gasteiger partial charge in [0.05, 0.1) is 6.26 Å². The average molecular weight is 192 g/mol. The summed E-state index contributed by atoms with van der Waals surface area (Å²) in [6.07, 6.45) is 3.70. The third-order valence-corrected chi connectivity index (χ3v) is 0.581. The summed E-state index contributed by atoms with van der Waals surface area (Å²) < 4.78 is 25.9. The van der Waals surface area contributed by atoms with Crippen LogP contribution in [0, 0.1) is 0 Å². The zero-order valence-electron chi connectivity index (χ0n) is 6.26. The van der Waals surface area contributed by atoms with Crippen LogP contribution in [0.5, 0.6) is 0 Å². The molecule has 0 fully saturated rings. The molecule has 7 heteroatoms. The first-order valence-corrected chi connectivity index (χ1v) is 4.66. The third kappa shape index (κ3) is 11.6. The molecule has 1 aromatic heterocycles. The first-order chi connectivity index (χ1) is 5.39. The Morgan fingerprint density at radius 3 is 2.25 bits per heavy atom. The Hall–Kier alpha value is -1.21. The molecule has 0 aliphatic heterocycles. The summed E-state index contributed by atoms with van der Waals surface area (Å²) in [5.41, 5.74) is -0.303. The molecule has 0 aliphatic rings. The van der Waals surface area contributed by atoms with Gasteiger partial charge in [-0.2, -0.15) is 8.42 Å². The van der Waals surface area contributed by atoms with Gasteiger partial charge in [0.25, 0.3) is 10.1 Å². The van der Waals surface area contributed by atoms with Crippen molar-refractivity contribution in [2.45, 2.75) is 0 Å². The van der Waals surface area contributed by atoms with Crippen LogP contribution in [-0.4, -0.2) is 29.2 Å². The summed E-state index contributed by atoms with van der Waals surface area (Å²) >= 11 is 0. The van der Waals surface area contributed by atoms with E-state index >= 15 is 0 Å². The van der Waals surface area contributed by atoms with Gasteiger partial charge >= 0.3 is 5.69 Å². The van der Waals surface area contributed by atoms with E-state index in [4.69, 9.17) is 4.55 Å². The highest BCUT2D eigenvalue weighted by Crippen LogP contribution is 1.61. The SMILES string of the molecule is CS(=O)(=O)O.O=c1nccc[nH]1. The van der Waals surface area contributed by atoms with Crippen LogP contribution in [-0.2, 0) is 10.1 Å². The second kappa shape index (κ2) is 4.62. The van der Waals surface area contributed by atoms with E-state index in [2.05, 4.69) is 9.97 Å². The summed E-state index contributed by atoms with van der Waals surface area (Å²) in [6, 6.07) is 1.65. The normalized spacial score (nSPS) is 9.83. The van der Waals surface area contributed by atoms with Crippen LogP contribution in [0.25, 0.3) is 0 Å². The molecule has 1 rings (SSSR count). The fourth-order valence-corrected chi connectivity index (χ4v) is 0.310. The molecule has 68 valence electrons. The Morgan fingerprint density at radius 2 is 2.08 bits per heavy atom. The second-order valence-corrected chi connectivity index (χ2v) is 3.29. The highest BCUT2D eigenvalue weighted by molar-refractivity contribution is 7.85. The average Bonchev–Trinajstić information content (AvgIpc) is 1.85. The summed E-state index contributed by atoms with van der Waals surface area (Å²) in [5.74, 6) is 0. The van der Waals surface area contributed by atoms with Gasteiger partial charge in [0.15, 0.2) is 0 Å². The van der Waals surface area contributed by atoms with Gasteiger partial charge in [0.1, 0.15) is 0 Å². The van der Waals surface area contributed by atoms with E-state index in [0.29, 0.717) is 6.26 Å². The van der Waals surface area contributed by atoms with Crippen molar-refractivity contribution >= 4 is 10.1 Å². The summed E-state index contributed by atoms with van der Waals surface area (Å²) in [4.78, 5) is 15.8. The number of nitrogens with one attached hydrogen (secondary N) is 1. The summed E-state index contributed by atoms with van der Waals surface area (Å²) in [5, 5.41) is 0. The number of rotatable bonds is 0. The molecule has 0 radical (unpaired) electrons. The largest absolute Gasteiger partial charge is 0.344 e. The molecule has 0 bridgehead atoms. The first kappa shape index (κ1) is 10.8. The van der Waals surface area contributed by atoms with Gasteiger partial charge in [-0.15, -0.1) is 0 Å². The second-order valence-electron chi connectivity index (χ2n) is 1.82. The van der Waals surface area contributed by atoms with Crippen molar-refractivity contribution in [1.29, 1.82) is 0 Å². The van der Waals surface area contributed by atoms with E-state index in [1.807, 2.05) is 0 Å². The van der Waals surface area contributed by atoms with E-state index in [9.17, 15) is 13.2 Å². The van der Waals surface area contributed by atoms with E-state index in [-0.39, 0.29) is 5.69 Å². The lowest BCUT2D eigenvalue weighted by atomic mass is 10.7. The molecule has 2 N–H and O–H groups in total. The molecule has 0 saturated heterocycles. The molecule has 12 heavy (non-hydrogen) atoms. The van der Waals surface area contributed by atoms with E-state index in [0.717, 1.165) is 0 Å². The van der Waals surface area contributed by atoms with Gasteiger partial charge in [-0.05, 0) is 6.07 Å². The quantitative estimate of drug-likeness (QED) is 0.528. The van der Waals surface area contributed by atoms with Gasteiger partial charge in [0, 0.05) is 12.4 Å². The van der Waals surface area contributed by atoms with Crippen LogP contribution in [0.2, 0.25) is 0 Å². The van der Waals surface area contributed by atoms with Crippen LogP contribution < -0.4 is 5.69 Å². The van der Waals surface area contributed by atoms with Crippen molar-refractivity contribution in [2.24, 2.45) is 0 Å². The van der Waals surface area contributed by atoms with Gasteiger partial charge in [-0.25, -0.2) is 9.78 Å². The highest BCUT2D eigenvalue weighted by atomic mass is 32.2. The lowest BCUT2D eigenvalue weighted by molar-refractivity contribution is 0.490. The van der Waals surface area contributed by atoms with Gasteiger partial charge in [-0.3, -0.25) is 4.55 Å². The molecule has 0 aliphatic carbocycles. The fraction of sp³-hybridized carbons (Fsp3) is 0.200. The van der Waals surface area contributed by atoms with E-state index < -0.39 is 10.1 Å². The van der Waals surface area contributed by atoms with Crippen LogP contribution in [0.3, 0.4) is 0 Å². The highest BCUT2D eigenvalue weighted by Gasteiger charge is 1.81. The maximum Gasteiger partial charge on any atom is 0.344 e. The van der Waals surface area contributed by atoms with Crippen molar-refractivity contribution in [3.63, 3.8) is 0 Å². The predicted molar refractivity (Wildman–Crippen MR) is 42.3 cm³/mol. The lowest BCUT2D eigenvalue weighted by Gasteiger charge is -1.72. The molecule has 1 heterocycles. The van der Waals surface area contributed by atoms with E-state index in [1.54, 1.807) is 6.07 Å². The Balaban J connectivity index is 0.000000217. The topological polar surface area (TPSA) is 100 Å². The van der Waals surface area contributed by atoms with Crippen LogP contribution in [0.15, 0.2) is 23.3 Å². The van der Waals surface area contributed by atoms with Crippen molar-refractivity contribution < 1.29 is 13.0 Å². The molecule has 0 atom stereocenters. The minimum atomic E-state index is -3.67. The van der Waals surface area contributed by atoms with Crippen molar-refractivity contribution in [3.05, 3.63) is 28.9 Å². The molecule has 0 aromatic carbocycles. The fourth-order valence-electron chi connectivity index (χ4n) is 0.310. The molecule has 1 aromatic rings. The smallest absolute Gasteiger partial charge is 0.313 e. The summed E-state index contributed by atoms with van der Waals surface area (Å²) in [7, 11) is -3.67. The van der Waals surface area contributed by atoms with Gasteiger partial charge in [0.2, 0.25) is 0 Å². The Labute approximate surface area is 69.0 Å². The maximum atomic E-state index is 10.1. The molecule has 0 saturated carbocycles. The first-order valence-electron chi connectivity index (χ1n) is 2.82. The third-order valence-electron chi connectivity index (χ3n) is 0.581. The van der Waals surface area contributed by atoms with Crippen molar-refractivity contribution in [1.82, 2.24) is 9.97 Å². The number of hydrogen-bond acceptors (Lipinski definition) is 4. The Morgan fingerprint density at radius 1 is 1.58 bits per heavy atom. The zero-order valence-corrected chi connectivity index (χ0v) is 7.08. The van der Waals surface area contributed by atoms with Crippen LogP contribution >= 0.6 is 0 Å². The van der Waals surface area contributed by atoms with Gasteiger partial charge < -0.3 is 4.98 Å². The lowest BCUT2D eigenvalue weighted by Crippen LogP contribution is -2.05. The summed E-state index contributed by atoms with van der Waals surface area (Å²) in [6.45, 7) is 0. The van der Waals surface area contributed by atoms with Crippen LogP contribution in [0.1, 0.15) is 0 Å². The molecule has 0 amide bonds. The molecular weight excluding hydrogens is 184 g/mol. The number of hydrogen-bond donors (Lipinski definition) is 2. The number of nitrogens with zero attached hydrogens (tertiary/aromatic N) is 1. The van der Waals surface area contributed by atoms with Crippen molar-refractivity contribution in [3.8, 4) is 0 Å². The van der Waals surface area contributed by atoms with Gasteiger partial charge in [-0.1, -0.05) is 0 Å². The number of H-pyrrole nitrogens is 1. The minimum Gasteiger partial charge on any atom is -0.313 e. The minimum absolute atomic E-state index is 0.303. The molecule has 0 spiro atoms.